The van der Waals surface area contributed by atoms with Gasteiger partial charge in [0.15, 0.2) is 0 Å². The number of para-hydroxylation sites is 1. The predicted octanol–water partition coefficient (Wildman–Crippen LogP) is 2.57. The first-order chi connectivity index (χ1) is 8.35. The first-order valence-electron chi connectivity index (χ1n) is 5.65. The molecule has 0 spiro atoms. The van der Waals surface area contributed by atoms with Crippen LogP contribution in [0, 0.1) is 0 Å². The van der Waals surface area contributed by atoms with Crippen LogP contribution < -0.4 is 10.1 Å². The molecule has 0 radical (unpaired) electrons. The van der Waals surface area contributed by atoms with Crippen LogP contribution in [-0.2, 0) is 0 Å². The minimum atomic E-state index is 0.425. The monoisotopic (exact) mass is 233 g/mol. The van der Waals surface area contributed by atoms with Crippen LogP contribution in [0.15, 0.2) is 28.8 Å². The summed E-state index contributed by atoms with van der Waals surface area (Å²) >= 11 is 0. The molecule has 1 aromatic carbocycles. The molecule has 1 aromatic heterocycles. The molecule has 0 saturated heterocycles. The Morgan fingerprint density at radius 1 is 1.29 bits per heavy atom. The summed E-state index contributed by atoms with van der Waals surface area (Å²) in [6, 6.07) is 8.06. The lowest BCUT2D eigenvalue weighted by Gasteiger charge is -2.05. The molecule has 5 heteroatoms. The van der Waals surface area contributed by atoms with E-state index in [2.05, 4.69) is 15.5 Å². The Kier molecular flexibility index (Phi) is 3.59. The fourth-order valence-corrected chi connectivity index (χ4v) is 1.49. The molecule has 1 heterocycles. The Hall–Kier alpha value is -2.04. The maximum atomic E-state index is 5.52. The van der Waals surface area contributed by atoms with Crippen molar-refractivity contribution in [3.8, 4) is 17.1 Å². The number of anilines is 1. The fourth-order valence-electron chi connectivity index (χ4n) is 1.49. The van der Waals surface area contributed by atoms with Crippen molar-refractivity contribution in [3.63, 3.8) is 0 Å². The predicted molar refractivity (Wildman–Crippen MR) is 65.1 cm³/mol. The Bertz CT molecular complexity index is 482. The number of hydrogen-bond acceptors (Lipinski definition) is 5. The maximum absolute atomic E-state index is 5.52. The van der Waals surface area contributed by atoms with Gasteiger partial charge in [0.25, 0.3) is 0 Å². The zero-order chi connectivity index (χ0) is 12.1. The van der Waals surface area contributed by atoms with E-state index in [9.17, 15) is 0 Å². The summed E-state index contributed by atoms with van der Waals surface area (Å²) in [6.45, 7) is 5.26. The van der Waals surface area contributed by atoms with Crippen molar-refractivity contribution in [2.45, 2.75) is 13.8 Å². The summed E-state index contributed by atoms with van der Waals surface area (Å²) < 4.78 is 10.6. The van der Waals surface area contributed by atoms with Gasteiger partial charge in [0.1, 0.15) is 5.75 Å². The highest BCUT2D eigenvalue weighted by Crippen LogP contribution is 2.28. The van der Waals surface area contributed by atoms with Crippen molar-refractivity contribution in [2.75, 3.05) is 18.5 Å². The van der Waals surface area contributed by atoms with Crippen LogP contribution in [0.4, 0.5) is 6.01 Å². The molecule has 0 atom stereocenters. The number of ether oxygens (including phenoxy) is 1. The van der Waals surface area contributed by atoms with Crippen LogP contribution in [0.1, 0.15) is 13.8 Å². The van der Waals surface area contributed by atoms with E-state index >= 15 is 0 Å². The molecular weight excluding hydrogens is 218 g/mol. The van der Waals surface area contributed by atoms with Crippen LogP contribution in [0.2, 0.25) is 0 Å². The van der Waals surface area contributed by atoms with Gasteiger partial charge >= 0.3 is 6.01 Å². The smallest absolute Gasteiger partial charge is 0.321 e. The van der Waals surface area contributed by atoms with E-state index in [0.717, 1.165) is 17.9 Å². The van der Waals surface area contributed by atoms with Crippen molar-refractivity contribution in [1.29, 1.82) is 0 Å². The summed E-state index contributed by atoms with van der Waals surface area (Å²) in [5.41, 5.74) is 0.835. The lowest BCUT2D eigenvalue weighted by atomic mass is 10.2. The highest BCUT2D eigenvalue weighted by atomic mass is 16.5. The Morgan fingerprint density at radius 2 is 2.12 bits per heavy atom. The van der Waals surface area contributed by atoms with Crippen LogP contribution in [0.3, 0.4) is 0 Å². The Morgan fingerprint density at radius 3 is 2.88 bits per heavy atom. The minimum Gasteiger partial charge on any atom is -0.493 e. The summed E-state index contributed by atoms with van der Waals surface area (Å²) in [7, 11) is 0. The van der Waals surface area contributed by atoms with E-state index in [-0.39, 0.29) is 0 Å². The molecule has 0 fully saturated rings. The molecule has 2 aromatic rings. The number of rotatable bonds is 5. The molecule has 0 bridgehead atoms. The molecule has 2 rings (SSSR count). The van der Waals surface area contributed by atoms with E-state index in [1.807, 2.05) is 38.1 Å². The largest absolute Gasteiger partial charge is 0.493 e. The highest BCUT2D eigenvalue weighted by Gasteiger charge is 2.12. The molecule has 0 unspecified atom stereocenters. The lowest BCUT2D eigenvalue weighted by molar-refractivity contribution is 0.341. The summed E-state index contributed by atoms with van der Waals surface area (Å²) in [5.74, 6) is 1.30. The summed E-state index contributed by atoms with van der Waals surface area (Å²) in [4.78, 5) is 4.24. The first-order valence-corrected chi connectivity index (χ1v) is 5.65. The Balaban J connectivity index is 2.31. The number of hydrogen-bond donors (Lipinski definition) is 1. The van der Waals surface area contributed by atoms with Gasteiger partial charge in [-0.15, -0.1) is 0 Å². The van der Waals surface area contributed by atoms with Crippen LogP contribution >= 0.6 is 0 Å². The van der Waals surface area contributed by atoms with Gasteiger partial charge in [-0.25, -0.2) is 0 Å². The second kappa shape index (κ2) is 5.34. The van der Waals surface area contributed by atoms with Crippen LogP contribution in [-0.4, -0.2) is 23.3 Å². The van der Waals surface area contributed by atoms with Gasteiger partial charge in [0.2, 0.25) is 5.82 Å². The molecule has 0 aliphatic heterocycles. The summed E-state index contributed by atoms with van der Waals surface area (Å²) in [5, 5.41) is 6.89. The van der Waals surface area contributed by atoms with Crippen molar-refractivity contribution >= 4 is 6.01 Å². The number of nitrogens with zero attached hydrogens (tertiary/aromatic N) is 2. The Labute approximate surface area is 99.8 Å². The summed E-state index contributed by atoms with van der Waals surface area (Å²) in [6.07, 6.45) is 0. The first kappa shape index (κ1) is 11.4. The average molecular weight is 233 g/mol. The SMILES string of the molecule is CCNc1nc(-c2ccccc2OCC)no1. The third kappa shape index (κ3) is 2.55. The normalized spacial score (nSPS) is 10.2. The molecule has 0 aliphatic carbocycles. The minimum absolute atomic E-state index is 0.425. The molecule has 1 N–H and O–H groups in total. The molecule has 5 nitrogen and oxygen atoms in total. The second-order valence-corrected chi connectivity index (χ2v) is 3.38. The standard InChI is InChI=1S/C12H15N3O2/c1-3-13-12-14-11(15-17-12)9-7-5-6-8-10(9)16-4-2/h5-8H,3-4H2,1-2H3,(H,13,14,15). The third-order valence-corrected chi connectivity index (χ3v) is 2.18. The van der Waals surface area contributed by atoms with Crippen molar-refractivity contribution in [3.05, 3.63) is 24.3 Å². The van der Waals surface area contributed by atoms with Crippen LogP contribution in [0.25, 0.3) is 11.4 Å². The lowest BCUT2D eigenvalue weighted by Crippen LogP contribution is -1.96. The topological polar surface area (TPSA) is 60.2 Å². The maximum Gasteiger partial charge on any atom is 0.321 e. The van der Waals surface area contributed by atoms with Gasteiger partial charge in [0, 0.05) is 6.54 Å². The molecule has 90 valence electrons. The number of benzene rings is 1. The zero-order valence-electron chi connectivity index (χ0n) is 9.93. The molecule has 0 aliphatic rings. The van der Waals surface area contributed by atoms with Gasteiger partial charge in [-0.2, -0.15) is 4.98 Å². The van der Waals surface area contributed by atoms with Crippen molar-refractivity contribution in [1.82, 2.24) is 10.1 Å². The average Bonchev–Trinajstić information content (AvgIpc) is 2.79. The van der Waals surface area contributed by atoms with Gasteiger partial charge in [-0.05, 0) is 26.0 Å². The van der Waals surface area contributed by atoms with Crippen LogP contribution in [0.5, 0.6) is 5.75 Å². The zero-order valence-corrected chi connectivity index (χ0v) is 9.93. The van der Waals surface area contributed by atoms with Gasteiger partial charge in [-0.1, -0.05) is 17.3 Å². The van der Waals surface area contributed by atoms with E-state index in [4.69, 9.17) is 9.26 Å². The fraction of sp³-hybridized carbons (Fsp3) is 0.333. The highest BCUT2D eigenvalue weighted by molar-refractivity contribution is 5.64. The van der Waals surface area contributed by atoms with E-state index in [0.29, 0.717) is 18.4 Å². The van der Waals surface area contributed by atoms with Crippen molar-refractivity contribution in [2.24, 2.45) is 0 Å². The van der Waals surface area contributed by atoms with E-state index < -0.39 is 0 Å². The number of aromatic nitrogens is 2. The van der Waals surface area contributed by atoms with E-state index in [1.54, 1.807) is 0 Å². The van der Waals surface area contributed by atoms with Crippen molar-refractivity contribution < 1.29 is 9.26 Å². The molecule has 0 saturated carbocycles. The van der Waals surface area contributed by atoms with Gasteiger partial charge in [0.05, 0.1) is 12.2 Å². The third-order valence-electron chi connectivity index (χ3n) is 2.18. The molecule has 17 heavy (non-hydrogen) atoms. The van der Waals surface area contributed by atoms with Gasteiger partial charge in [-0.3, -0.25) is 0 Å². The quantitative estimate of drug-likeness (QED) is 0.860. The molecular formula is C12H15N3O2. The van der Waals surface area contributed by atoms with Gasteiger partial charge < -0.3 is 14.6 Å². The molecule has 0 amide bonds. The number of nitrogens with one attached hydrogen (secondary N) is 1. The van der Waals surface area contributed by atoms with E-state index in [1.165, 1.54) is 0 Å². The second-order valence-electron chi connectivity index (χ2n) is 3.38.